The fourth-order valence-electron chi connectivity index (χ4n) is 2.14. The van der Waals surface area contributed by atoms with Crippen LogP contribution in [-0.2, 0) is 14.0 Å². The number of nitrogens with one attached hydrogen (secondary N) is 2. The highest BCUT2D eigenvalue weighted by Gasteiger charge is 2.38. The van der Waals surface area contributed by atoms with Crippen molar-refractivity contribution >= 4 is 20.1 Å². The van der Waals surface area contributed by atoms with Crippen molar-refractivity contribution < 1.29 is 19.1 Å². The van der Waals surface area contributed by atoms with E-state index in [-0.39, 0.29) is 35.5 Å². The van der Waals surface area contributed by atoms with E-state index in [1.807, 2.05) is 0 Å². The Morgan fingerprint density at radius 1 is 1.09 bits per heavy atom. The minimum Gasteiger partial charge on any atom is -0.415 e. The molecule has 0 aromatic rings. The standard InChI is InChI=1S/C11H23NO2Si.C5H9NO2/c1-11(2,3)15(4,5)14-8-9-6-7-10(13)12-9;7-3-4-1-2-5(8)6-4/h9H,6-8H2,1-5H3,(H,12,13);4,7H,1-3H2,(H,6,8)/t9-;4-/m11/s1. The molecule has 0 spiro atoms. The molecule has 2 saturated heterocycles. The van der Waals surface area contributed by atoms with Gasteiger partial charge in [-0.05, 0) is 31.0 Å². The maximum absolute atomic E-state index is 11.0. The number of carbonyl (C=O) groups excluding carboxylic acids is 2. The van der Waals surface area contributed by atoms with E-state index in [0.717, 1.165) is 12.8 Å². The van der Waals surface area contributed by atoms with Gasteiger partial charge in [-0.25, -0.2) is 0 Å². The van der Waals surface area contributed by atoms with Gasteiger partial charge in [0, 0.05) is 12.8 Å². The largest absolute Gasteiger partial charge is 0.415 e. The van der Waals surface area contributed by atoms with Crippen molar-refractivity contribution in [2.24, 2.45) is 0 Å². The molecule has 134 valence electrons. The molecular weight excluding hydrogens is 312 g/mol. The minimum atomic E-state index is -1.65. The van der Waals surface area contributed by atoms with Crippen LogP contribution in [0.5, 0.6) is 0 Å². The molecule has 6 nitrogen and oxygen atoms in total. The fourth-order valence-corrected chi connectivity index (χ4v) is 3.19. The highest BCUT2D eigenvalue weighted by molar-refractivity contribution is 6.74. The molecule has 3 N–H and O–H groups in total. The van der Waals surface area contributed by atoms with Gasteiger partial charge >= 0.3 is 0 Å². The second kappa shape index (κ2) is 8.26. The first kappa shape index (κ1) is 20.1. The molecule has 2 fully saturated rings. The number of amides is 2. The Balaban J connectivity index is 0.000000277. The van der Waals surface area contributed by atoms with Crippen LogP contribution in [0.15, 0.2) is 0 Å². The number of carbonyl (C=O) groups is 2. The van der Waals surface area contributed by atoms with E-state index in [2.05, 4.69) is 44.5 Å². The molecule has 7 heteroatoms. The molecule has 0 aromatic carbocycles. The number of rotatable bonds is 4. The van der Waals surface area contributed by atoms with Gasteiger partial charge < -0.3 is 20.2 Å². The van der Waals surface area contributed by atoms with Crippen molar-refractivity contribution in [1.29, 1.82) is 0 Å². The molecular formula is C16H32N2O4Si. The van der Waals surface area contributed by atoms with Crippen molar-refractivity contribution in [2.45, 2.75) is 76.7 Å². The molecule has 2 heterocycles. The van der Waals surface area contributed by atoms with E-state index in [0.29, 0.717) is 19.4 Å². The zero-order valence-electron chi connectivity index (χ0n) is 15.1. The quantitative estimate of drug-likeness (QED) is 0.675. The van der Waals surface area contributed by atoms with Gasteiger partial charge in [-0.3, -0.25) is 9.59 Å². The zero-order chi connectivity index (χ0) is 17.7. The predicted molar refractivity (Wildman–Crippen MR) is 92.6 cm³/mol. The van der Waals surface area contributed by atoms with E-state index < -0.39 is 8.32 Å². The second-order valence-electron chi connectivity index (χ2n) is 7.86. The smallest absolute Gasteiger partial charge is 0.220 e. The highest BCUT2D eigenvalue weighted by atomic mass is 28.4. The summed E-state index contributed by atoms with van der Waals surface area (Å²) in [6.07, 6.45) is 2.94. The van der Waals surface area contributed by atoms with Crippen molar-refractivity contribution in [1.82, 2.24) is 10.6 Å². The Morgan fingerprint density at radius 3 is 1.87 bits per heavy atom. The Morgan fingerprint density at radius 2 is 1.57 bits per heavy atom. The first-order chi connectivity index (χ1) is 10.5. The third-order valence-electron chi connectivity index (χ3n) is 4.84. The van der Waals surface area contributed by atoms with Gasteiger partial charge in [0.1, 0.15) is 0 Å². The SMILES string of the molecule is CC(C)(C)[Si](C)(C)OC[C@H]1CCC(=O)N1.O=C1CC[C@H](CO)N1. The highest BCUT2D eigenvalue weighted by Crippen LogP contribution is 2.36. The number of hydrogen-bond acceptors (Lipinski definition) is 4. The topological polar surface area (TPSA) is 87.7 Å². The van der Waals surface area contributed by atoms with Gasteiger partial charge in [0.15, 0.2) is 8.32 Å². The Kier molecular flexibility index (Phi) is 7.22. The molecule has 2 atom stereocenters. The first-order valence-electron chi connectivity index (χ1n) is 8.38. The van der Waals surface area contributed by atoms with Crippen LogP contribution in [0.25, 0.3) is 0 Å². The van der Waals surface area contributed by atoms with Crippen LogP contribution in [0, 0.1) is 0 Å². The third kappa shape index (κ3) is 6.61. The minimum absolute atomic E-state index is 0.0301. The third-order valence-corrected chi connectivity index (χ3v) is 9.34. The summed E-state index contributed by atoms with van der Waals surface area (Å²) in [5, 5.41) is 14.3. The van der Waals surface area contributed by atoms with Crippen LogP contribution < -0.4 is 10.6 Å². The van der Waals surface area contributed by atoms with E-state index >= 15 is 0 Å². The van der Waals surface area contributed by atoms with Gasteiger partial charge in [-0.15, -0.1) is 0 Å². The number of aliphatic hydroxyl groups excluding tert-OH is 1. The van der Waals surface area contributed by atoms with Gasteiger partial charge in [-0.1, -0.05) is 20.8 Å². The Hall–Kier alpha value is -0.923. The van der Waals surface area contributed by atoms with Crippen molar-refractivity contribution in [2.75, 3.05) is 13.2 Å². The fraction of sp³-hybridized carbons (Fsp3) is 0.875. The molecule has 0 bridgehead atoms. The Labute approximate surface area is 140 Å². The molecule has 2 aliphatic rings. The molecule has 0 unspecified atom stereocenters. The maximum atomic E-state index is 11.0. The Bertz CT molecular complexity index is 421. The van der Waals surface area contributed by atoms with E-state index in [9.17, 15) is 9.59 Å². The molecule has 0 aliphatic carbocycles. The number of aliphatic hydroxyl groups is 1. The summed E-state index contributed by atoms with van der Waals surface area (Å²) in [6, 6.07) is 0.272. The number of hydrogen-bond donors (Lipinski definition) is 3. The molecule has 2 rings (SSSR count). The zero-order valence-corrected chi connectivity index (χ0v) is 16.1. The van der Waals surface area contributed by atoms with Crippen LogP contribution in [0.4, 0.5) is 0 Å². The second-order valence-corrected chi connectivity index (χ2v) is 12.7. The van der Waals surface area contributed by atoms with Crippen LogP contribution >= 0.6 is 0 Å². The molecule has 2 amide bonds. The lowest BCUT2D eigenvalue weighted by Gasteiger charge is -2.36. The van der Waals surface area contributed by atoms with Crippen LogP contribution in [0.1, 0.15) is 46.5 Å². The normalized spacial score (nSPS) is 24.8. The summed E-state index contributed by atoms with van der Waals surface area (Å²) >= 11 is 0. The van der Waals surface area contributed by atoms with E-state index in [1.54, 1.807) is 0 Å². The summed E-state index contributed by atoms with van der Waals surface area (Å²) in [5.41, 5.74) is 0. The lowest BCUT2D eigenvalue weighted by molar-refractivity contribution is -0.120. The predicted octanol–water partition coefficient (Wildman–Crippen LogP) is 1.54. The summed E-state index contributed by atoms with van der Waals surface area (Å²) < 4.78 is 6.05. The van der Waals surface area contributed by atoms with Crippen LogP contribution in [0.3, 0.4) is 0 Å². The van der Waals surface area contributed by atoms with Crippen molar-refractivity contribution in [3.05, 3.63) is 0 Å². The summed E-state index contributed by atoms with van der Waals surface area (Å²) in [7, 11) is -1.65. The first-order valence-corrected chi connectivity index (χ1v) is 11.3. The van der Waals surface area contributed by atoms with Gasteiger partial charge in [0.2, 0.25) is 11.8 Å². The lowest BCUT2D eigenvalue weighted by Crippen LogP contribution is -2.44. The molecule has 23 heavy (non-hydrogen) atoms. The average Bonchev–Trinajstić information content (AvgIpc) is 3.04. The molecule has 0 saturated carbocycles. The lowest BCUT2D eigenvalue weighted by atomic mass is 10.2. The van der Waals surface area contributed by atoms with Gasteiger partial charge in [0.25, 0.3) is 0 Å². The van der Waals surface area contributed by atoms with Crippen LogP contribution in [-0.4, -0.2) is 50.5 Å². The van der Waals surface area contributed by atoms with Gasteiger partial charge in [0.05, 0.1) is 25.3 Å². The maximum Gasteiger partial charge on any atom is 0.220 e. The molecule has 2 aliphatic heterocycles. The van der Waals surface area contributed by atoms with Crippen LogP contribution in [0.2, 0.25) is 18.1 Å². The van der Waals surface area contributed by atoms with E-state index in [1.165, 1.54) is 0 Å². The molecule has 0 radical (unpaired) electrons. The van der Waals surface area contributed by atoms with Crippen molar-refractivity contribution in [3.8, 4) is 0 Å². The monoisotopic (exact) mass is 344 g/mol. The van der Waals surface area contributed by atoms with Crippen molar-refractivity contribution in [3.63, 3.8) is 0 Å². The summed E-state index contributed by atoms with van der Waals surface area (Å²) in [6.45, 7) is 11.9. The molecule has 0 aromatic heterocycles. The average molecular weight is 345 g/mol. The summed E-state index contributed by atoms with van der Waals surface area (Å²) in [4.78, 5) is 21.4. The van der Waals surface area contributed by atoms with Gasteiger partial charge in [-0.2, -0.15) is 0 Å². The summed E-state index contributed by atoms with van der Waals surface area (Å²) in [5.74, 6) is 0.225. The van der Waals surface area contributed by atoms with E-state index in [4.69, 9.17) is 9.53 Å².